The molecule has 0 amide bonds. The maximum atomic E-state index is 13.5. The number of para-hydroxylation sites is 1. The summed E-state index contributed by atoms with van der Waals surface area (Å²) in [6.45, 7) is 1.80. The summed E-state index contributed by atoms with van der Waals surface area (Å²) in [7, 11) is 0. The lowest BCUT2D eigenvalue weighted by Gasteiger charge is -2.04. The van der Waals surface area contributed by atoms with Gasteiger partial charge in [-0.15, -0.1) is 0 Å². The summed E-state index contributed by atoms with van der Waals surface area (Å²) in [6.07, 6.45) is 1.64. The maximum absolute atomic E-state index is 13.5. The standard InChI is InChI=1S/C10H9ClFN3/c1-6-5-15(14-10(6)13)9-7(11)3-2-4-8(9)12/h2-5H,1H3,(H2,13,14). The van der Waals surface area contributed by atoms with Gasteiger partial charge in [0.25, 0.3) is 0 Å². The van der Waals surface area contributed by atoms with Crippen molar-refractivity contribution in [1.82, 2.24) is 9.78 Å². The first-order chi connectivity index (χ1) is 7.09. The smallest absolute Gasteiger partial charge is 0.150 e. The zero-order valence-corrected chi connectivity index (χ0v) is 8.79. The Labute approximate surface area is 91.3 Å². The molecule has 1 heterocycles. The van der Waals surface area contributed by atoms with Crippen molar-refractivity contribution in [3.63, 3.8) is 0 Å². The first-order valence-corrected chi connectivity index (χ1v) is 4.73. The molecule has 2 N–H and O–H groups in total. The number of rotatable bonds is 1. The van der Waals surface area contributed by atoms with Gasteiger partial charge in [0.1, 0.15) is 17.3 Å². The number of aromatic nitrogens is 2. The van der Waals surface area contributed by atoms with E-state index in [4.69, 9.17) is 17.3 Å². The van der Waals surface area contributed by atoms with Crippen LogP contribution in [0.1, 0.15) is 5.56 Å². The normalized spacial score (nSPS) is 10.6. The lowest BCUT2D eigenvalue weighted by molar-refractivity contribution is 0.611. The van der Waals surface area contributed by atoms with Gasteiger partial charge in [-0.25, -0.2) is 9.07 Å². The molecule has 0 fully saturated rings. The van der Waals surface area contributed by atoms with E-state index in [-0.39, 0.29) is 5.69 Å². The third-order valence-electron chi connectivity index (χ3n) is 2.10. The van der Waals surface area contributed by atoms with Crippen molar-refractivity contribution in [2.75, 3.05) is 5.73 Å². The number of benzene rings is 1. The number of aryl methyl sites for hydroxylation is 1. The summed E-state index contributed by atoms with van der Waals surface area (Å²) >= 11 is 5.88. The van der Waals surface area contributed by atoms with E-state index >= 15 is 0 Å². The molecule has 0 aliphatic carbocycles. The van der Waals surface area contributed by atoms with E-state index in [2.05, 4.69) is 5.10 Å². The summed E-state index contributed by atoms with van der Waals surface area (Å²) in [5, 5.41) is 4.28. The van der Waals surface area contributed by atoms with Crippen LogP contribution in [0.4, 0.5) is 10.2 Å². The van der Waals surface area contributed by atoms with Crippen molar-refractivity contribution < 1.29 is 4.39 Å². The quantitative estimate of drug-likeness (QED) is 0.811. The molecule has 0 spiro atoms. The molecular weight excluding hydrogens is 217 g/mol. The number of nitrogens with zero attached hydrogens (tertiary/aromatic N) is 2. The molecule has 0 radical (unpaired) electrons. The van der Waals surface area contributed by atoms with Crippen LogP contribution in [0, 0.1) is 12.7 Å². The number of nitrogens with two attached hydrogens (primary N) is 1. The highest BCUT2D eigenvalue weighted by atomic mass is 35.5. The van der Waals surface area contributed by atoms with Gasteiger partial charge in [-0.3, -0.25) is 0 Å². The van der Waals surface area contributed by atoms with Gasteiger partial charge in [-0.05, 0) is 19.1 Å². The minimum atomic E-state index is -0.426. The van der Waals surface area contributed by atoms with Gasteiger partial charge in [-0.1, -0.05) is 17.7 Å². The summed E-state index contributed by atoms with van der Waals surface area (Å²) in [5.41, 5.74) is 6.59. The molecule has 78 valence electrons. The van der Waals surface area contributed by atoms with E-state index in [0.717, 1.165) is 5.56 Å². The second-order valence-corrected chi connectivity index (χ2v) is 3.62. The Morgan fingerprint density at radius 2 is 2.20 bits per heavy atom. The largest absolute Gasteiger partial charge is 0.382 e. The molecule has 5 heteroatoms. The molecule has 0 atom stereocenters. The molecule has 1 aromatic heterocycles. The summed E-state index contributed by atoms with van der Waals surface area (Å²) in [5.74, 6) is -0.0562. The fourth-order valence-corrected chi connectivity index (χ4v) is 1.55. The maximum Gasteiger partial charge on any atom is 0.150 e. The third kappa shape index (κ3) is 1.68. The summed E-state index contributed by atoms with van der Waals surface area (Å²) in [6, 6.07) is 4.47. The highest BCUT2D eigenvalue weighted by Crippen LogP contribution is 2.24. The van der Waals surface area contributed by atoms with Crippen molar-refractivity contribution in [3.05, 3.63) is 40.8 Å². The number of halogens is 2. The minimum Gasteiger partial charge on any atom is -0.382 e. The second kappa shape index (κ2) is 3.55. The highest BCUT2D eigenvalue weighted by molar-refractivity contribution is 6.32. The molecule has 0 bridgehead atoms. The lowest BCUT2D eigenvalue weighted by Crippen LogP contribution is -2.00. The predicted molar refractivity (Wildman–Crippen MR) is 57.7 cm³/mol. The van der Waals surface area contributed by atoms with Crippen LogP contribution in [0.25, 0.3) is 5.69 Å². The SMILES string of the molecule is Cc1cn(-c2c(F)cccc2Cl)nc1N. The number of anilines is 1. The van der Waals surface area contributed by atoms with Crippen LogP contribution in [0.15, 0.2) is 24.4 Å². The zero-order chi connectivity index (χ0) is 11.0. The minimum absolute atomic E-state index is 0.221. The van der Waals surface area contributed by atoms with Gasteiger partial charge in [0.05, 0.1) is 5.02 Å². The fourth-order valence-electron chi connectivity index (χ4n) is 1.30. The monoisotopic (exact) mass is 225 g/mol. The van der Waals surface area contributed by atoms with Crippen LogP contribution in [-0.4, -0.2) is 9.78 Å². The average molecular weight is 226 g/mol. The van der Waals surface area contributed by atoms with Crippen LogP contribution >= 0.6 is 11.6 Å². The van der Waals surface area contributed by atoms with Gasteiger partial charge in [0.2, 0.25) is 0 Å². The molecule has 3 nitrogen and oxygen atoms in total. The first-order valence-electron chi connectivity index (χ1n) is 4.35. The second-order valence-electron chi connectivity index (χ2n) is 3.21. The Hall–Kier alpha value is -1.55. The topological polar surface area (TPSA) is 43.8 Å². The Bertz CT molecular complexity index is 468. The molecule has 0 saturated carbocycles. The van der Waals surface area contributed by atoms with E-state index in [1.165, 1.54) is 10.7 Å². The fraction of sp³-hybridized carbons (Fsp3) is 0.100. The molecular formula is C10H9ClFN3. The van der Waals surface area contributed by atoms with E-state index in [1.807, 2.05) is 0 Å². The van der Waals surface area contributed by atoms with Crippen LogP contribution in [0.3, 0.4) is 0 Å². The van der Waals surface area contributed by atoms with Crippen molar-refractivity contribution in [3.8, 4) is 5.69 Å². The van der Waals surface area contributed by atoms with E-state index in [9.17, 15) is 4.39 Å². The van der Waals surface area contributed by atoms with Gasteiger partial charge < -0.3 is 5.73 Å². The molecule has 15 heavy (non-hydrogen) atoms. The van der Waals surface area contributed by atoms with Crippen LogP contribution in [-0.2, 0) is 0 Å². The van der Waals surface area contributed by atoms with Crippen LogP contribution in [0.5, 0.6) is 0 Å². The van der Waals surface area contributed by atoms with Crippen molar-refractivity contribution in [1.29, 1.82) is 0 Å². The summed E-state index contributed by atoms with van der Waals surface area (Å²) < 4.78 is 14.8. The number of hydrogen-bond donors (Lipinski definition) is 1. The Morgan fingerprint density at radius 3 is 2.73 bits per heavy atom. The van der Waals surface area contributed by atoms with Crippen molar-refractivity contribution in [2.24, 2.45) is 0 Å². The summed E-state index contributed by atoms with van der Waals surface area (Å²) in [4.78, 5) is 0. The van der Waals surface area contributed by atoms with Crippen molar-refractivity contribution in [2.45, 2.75) is 6.92 Å². The van der Waals surface area contributed by atoms with Gasteiger partial charge in [-0.2, -0.15) is 5.10 Å². The van der Waals surface area contributed by atoms with Gasteiger partial charge in [0.15, 0.2) is 0 Å². The molecule has 0 aliphatic heterocycles. The average Bonchev–Trinajstić information content (AvgIpc) is 2.46. The Morgan fingerprint density at radius 1 is 1.47 bits per heavy atom. The van der Waals surface area contributed by atoms with Crippen LogP contribution < -0.4 is 5.73 Å². The lowest BCUT2D eigenvalue weighted by atomic mass is 10.3. The van der Waals surface area contributed by atoms with Gasteiger partial charge >= 0.3 is 0 Å². The van der Waals surface area contributed by atoms with E-state index in [1.54, 1.807) is 25.3 Å². The van der Waals surface area contributed by atoms with Gasteiger partial charge in [0, 0.05) is 11.8 Å². The van der Waals surface area contributed by atoms with Crippen molar-refractivity contribution >= 4 is 17.4 Å². The van der Waals surface area contributed by atoms with Crippen LogP contribution in [0.2, 0.25) is 5.02 Å². The Kier molecular flexibility index (Phi) is 2.36. The van der Waals surface area contributed by atoms with E-state index < -0.39 is 5.82 Å². The molecule has 0 saturated heterocycles. The molecule has 0 unspecified atom stereocenters. The molecule has 2 aromatic rings. The molecule has 2 rings (SSSR count). The molecule has 1 aromatic carbocycles. The zero-order valence-electron chi connectivity index (χ0n) is 8.04. The predicted octanol–water partition coefficient (Wildman–Crippen LogP) is 2.56. The molecule has 0 aliphatic rings. The number of hydrogen-bond acceptors (Lipinski definition) is 2. The Balaban J connectivity index is 2.63. The first kappa shape index (κ1) is 9.98. The number of nitrogen functional groups attached to an aromatic ring is 1. The van der Waals surface area contributed by atoms with E-state index in [0.29, 0.717) is 10.8 Å². The highest BCUT2D eigenvalue weighted by Gasteiger charge is 2.11. The third-order valence-corrected chi connectivity index (χ3v) is 2.41.